The van der Waals surface area contributed by atoms with Gasteiger partial charge in [-0.2, -0.15) is 0 Å². The van der Waals surface area contributed by atoms with Crippen molar-refractivity contribution in [1.82, 2.24) is 0 Å². The van der Waals surface area contributed by atoms with E-state index in [9.17, 15) is 9.90 Å². The van der Waals surface area contributed by atoms with Crippen molar-refractivity contribution in [3.63, 3.8) is 0 Å². The van der Waals surface area contributed by atoms with Crippen LogP contribution in [0.3, 0.4) is 0 Å². The van der Waals surface area contributed by atoms with E-state index in [1.165, 1.54) is 0 Å². The predicted molar refractivity (Wildman–Crippen MR) is 80.7 cm³/mol. The summed E-state index contributed by atoms with van der Waals surface area (Å²) in [6, 6.07) is 8.84. The Hall–Kier alpha value is -3.15. The largest absolute Gasteiger partial charge is 0.478 e. The smallest absolute Gasteiger partial charge is 0.336 e. The first-order valence-corrected chi connectivity index (χ1v) is 7.04. The van der Waals surface area contributed by atoms with Gasteiger partial charge in [-0.3, -0.25) is 0 Å². The van der Waals surface area contributed by atoms with Gasteiger partial charge in [-0.15, -0.1) is 0 Å². The van der Waals surface area contributed by atoms with Gasteiger partial charge in [-0.05, 0) is 46.5 Å². The minimum absolute atomic E-state index is 0.137. The summed E-state index contributed by atoms with van der Waals surface area (Å²) in [5.41, 5.74) is 0.213. The van der Waals surface area contributed by atoms with Gasteiger partial charge in [0, 0.05) is 5.39 Å². The maximum absolute atomic E-state index is 11.7. The van der Waals surface area contributed by atoms with E-state index in [-0.39, 0.29) is 19.1 Å². The van der Waals surface area contributed by atoms with Gasteiger partial charge in [0.1, 0.15) is 0 Å². The van der Waals surface area contributed by atoms with Crippen LogP contribution in [0.2, 0.25) is 0 Å². The third kappa shape index (κ3) is 1.66. The van der Waals surface area contributed by atoms with Crippen molar-refractivity contribution in [2.75, 3.05) is 13.6 Å². The molecule has 0 spiro atoms. The second kappa shape index (κ2) is 4.19. The van der Waals surface area contributed by atoms with Gasteiger partial charge >= 0.3 is 5.97 Å². The third-order valence-corrected chi connectivity index (χ3v) is 4.17. The zero-order valence-corrected chi connectivity index (χ0v) is 11.8. The molecule has 5 rings (SSSR count). The summed E-state index contributed by atoms with van der Waals surface area (Å²) in [6.07, 6.45) is 0. The fraction of sp³-hybridized carbons (Fsp3) is 0.118. The average Bonchev–Trinajstić information content (AvgIpc) is 3.18. The number of hydrogen-bond donors (Lipinski definition) is 1. The highest BCUT2D eigenvalue weighted by atomic mass is 16.7. The van der Waals surface area contributed by atoms with Gasteiger partial charge in [-0.25, -0.2) is 4.79 Å². The lowest BCUT2D eigenvalue weighted by Gasteiger charge is -2.10. The first-order valence-electron chi connectivity index (χ1n) is 7.04. The van der Waals surface area contributed by atoms with E-state index in [1.54, 1.807) is 18.2 Å². The van der Waals surface area contributed by atoms with E-state index in [4.69, 9.17) is 18.9 Å². The van der Waals surface area contributed by atoms with Gasteiger partial charge < -0.3 is 24.1 Å². The Morgan fingerprint density at radius 3 is 1.87 bits per heavy atom. The average molecular weight is 310 g/mol. The van der Waals surface area contributed by atoms with Crippen LogP contribution in [0, 0.1) is 0 Å². The molecule has 0 atom stereocenters. The summed E-state index contributed by atoms with van der Waals surface area (Å²) in [5, 5.41) is 12.6. The Kier molecular flexibility index (Phi) is 2.26. The molecule has 0 unspecified atom stereocenters. The van der Waals surface area contributed by atoms with E-state index in [0.29, 0.717) is 28.4 Å². The first kappa shape index (κ1) is 12.4. The summed E-state index contributed by atoms with van der Waals surface area (Å²) in [6.45, 7) is 0.306. The summed E-state index contributed by atoms with van der Waals surface area (Å²) in [5.74, 6) is 1.45. The molecule has 3 aromatic rings. The minimum atomic E-state index is -0.992. The van der Waals surface area contributed by atoms with Crippen LogP contribution in [0.15, 0.2) is 30.3 Å². The number of rotatable bonds is 1. The molecule has 2 aliphatic heterocycles. The highest BCUT2D eigenvalue weighted by Gasteiger charge is 2.22. The van der Waals surface area contributed by atoms with Crippen LogP contribution in [0.4, 0.5) is 0 Å². The number of carboxylic acids is 1. The number of ether oxygens (including phenoxy) is 4. The molecule has 0 saturated carbocycles. The summed E-state index contributed by atoms with van der Waals surface area (Å²) in [4.78, 5) is 11.7. The maximum Gasteiger partial charge on any atom is 0.336 e. The number of hydrogen-bond acceptors (Lipinski definition) is 5. The van der Waals surface area contributed by atoms with Crippen molar-refractivity contribution in [1.29, 1.82) is 0 Å². The quantitative estimate of drug-likeness (QED) is 0.696. The van der Waals surface area contributed by atoms with Crippen molar-refractivity contribution < 1.29 is 28.8 Å². The van der Waals surface area contributed by atoms with E-state index in [1.807, 2.05) is 12.1 Å². The van der Waals surface area contributed by atoms with Crippen LogP contribution in [-0.2, 0) is 0 Å². The number of carboxylic acid groups (broad SMARTS) is 1. The highest BCUT2D eigenvalue weighted by molar-refractivity contribution is 6.17. The SMILES string of the molecule is O=C(O)c1cc2cc3c(cc2c2cc4c(cc12)OCO4)OCO3. The van der Waals surface area contributed by atoms with Crippen LogP contribution in [0.25, 0.3) is 21.5 Å². The molecule has 2 aliphatic rings. The highest BCUT2D eigenvalue weighted by Crippen LogP contribution is 2.43. The second-order valence-electron chi connectivity index (χ2n) is 5.41. The van der Waals surface area contributed by atoms with Crippen LogP contribution < -0.4 is 18.9 Å². The molecule has 0 aliphatic carbocycles. The van der Waals surface area contributed by atoms with Crippen molar-refractivity contribution in [3.05, 3.63) is 35.9 Å². The number of benzene rings is 3. The zero-order valence-electron chi connectivity index (χ0n) is 11.8. The van der Waals surface area contributed by atoms with Gasteiger partial charge in [0.25, 0.3) is 0 Å². The van der Waals surface area contributed by atoms with E-state index in [2.05, 4.69) is 0 Å². The van der Waals surface area contributed by atoms with Crippen LogP contribution in [0.5, 0.6) is 23.0 Å². The maximum atomic E-state index is 11.7. The molecule has 6 nitrogen and oxygen atoms in total. The molecule has 0 fully saturated rings. The van der Waals surface area contributed by atoms with Gasteiger partial charge in [0.05, 0.1) is 5.56 Å². The summed E-state index contributed by atoms with van der Waals surface area (Å²) < 4.78 is 21.6. The zero-order chi connectivity index (χ0) is 15.6. The van der Waals surface area contributed by atoms with E-state index < -0.39 is 5.97 Å². The summed E-state index contributed by atoms with van der Waals surface area (Å²) >= 11 is 0. The molecular formula is C17H10O6. The predicted octanol–water partition coefficient (Wildman–Crippen LogP) is 3.15. The van der Waals surface area contributed by atoms with Gasteiger partial charge in [0.2, 0.25) is 13.6 Å². The minimum Gasteiger partial charge on any atom is -0.478 e. The molecule has 0 aromatic heterocycles. The molecule has 6 heteroatoms. The van der Waals surface area contributed by atoms with Crippen LogP contribution in [0.1, 0.15) is 10.4 Å². The van der Waals surface area contributed by atoms with Crippen molar-refractivity contribution in [3.8, 4) is 23.0 Å². The molecular weight excluding hydrogens is 300 g/mol. The Balaban J connectivity index is 1.95. The Bertz CT molecular complexity index is 1010. The number of fused-ring (bicyclic) bond motifs is 5. The van der Waals surface area contributed by atoms with Crippen molar-refractivity contribution >= 4 is 27.5 Å². The molecule has 23 heavy (non-hydrogen) atoms. The molecule has 1 N–H and O–H groups in total. The lowest BCUT2D eigenvalue weighted by molar-refractivity contribution is 0.0699. The summed E-state index contributed by atoms with van der Waals surface area (Å²) in [7, 11) is 0. The Morgan fingerprint density at radius 2 is 1.26 bits per heavy atom. The van der Waals surface area contributed by atoms with Gasteiger partial charge in [0.15, 0.2) is 23.0 Å². The fourth-order valence-corrected chi connectivity index (χ4v) is 3.11. The molecule has 0 radical (unpaired) electrons. The fourth-order valence-electron chi connectivity index (χ4n) is 3.11. The van der Waals surface area contributed by atoms with Gasteiger partial charge in [-0.1, -0.05) is 0 Å². The Morgan fingerprint density at radius 1 is 0.739 bits per heavy atom. The molecule has 0 saturated heterocycles. The van der Waals surface area contributed by atoms with Crippen LogP contribution >= 0.6 is 0 Å². The number of carbonyl (C=O) groups is 1. The normalized spacial score (nSPS) is 14.6. The van der Waals surface area contributed by atoms with Crippen molar-refractivity contribution in [2.24, 2.45) is 0 Å². The standard InChI is InChI=1S/C17H10O6/c18-17(19)12-1-8-2-13-14(21-6-20-13)3-9(8)10-4-15-16(5-11(10)12)23-7-22-15/h1-5H,6-7H2,(H,18,19). The lowest BCUT2D eigenvalue weighted by Crippen LogP contribution is -1.98. The van der Waals surface area contributed by atoms with Crippen LogP contribution in [-0.4, -0.2) is 24.7 Å². The molecule has 0 bridgehead atoms. The third-order valence-electron chi connectivity index (χ3n) is 4.17. The topological polar surface area (TPSA) is 74.2 Å². The molecule has 114 valence electrons. The van der Waals surface area contributed by atoms with Crippen molar-refractivity contribution in [2.45, 2.75) is 0 Å². The second-order valence-corrected chi connectivity index (χ2v) is 5.41. The Labute approximate surface area is 129 Å². The molecule has 3 aromatic carbocycles. The molecule has 0 amide bonds. The van der Waals surface area contributed by atoms with E-state index in [0.717, 1.165) is 16.2 Å². The number of aromatic carboxylic acids is 1. The lowest BCUT2D eigenvalue weighted by atomic mass is 9.96. The van der Waals surface area contributed by atoms with E-state index >= 15 is 0 Å². The molecule has 2 heterocycles. The first-order chi connectivity index (χ1) is 11.2. The monoisotopic (exact) mass is 310 g/mol.